The molecule has 0 heterocycles. The van der Waals surface area contributed by atoms with Crippen LogP contribution in [0.4, 0.5) is 0 Å². The number of nitrogens with one attached hydrogen (secondary N) is 1. The molecule has 266 valence electrons. The van der Waals surface area contributed by atoms with Gasteiger partial charge in [-0.1, -0.05) is 190 Å². The summed E-state index contributed by atoms with van der Waals surface area (Å²) in [7, 11) is 0. The fourth-order valence-electron chi connectivity index (χ4n) is 5.54. The van der Waals surface area contributed by atoms with Crippen LogP contribution >= 0.6 is 0 Å². The number of aliphatic hydroxyl groups excluding tert-OH is 2. The molecule has 0 bridgehead atoms. The zero-order valence-electron chi connectivity index (χ0n) is 30.3. The second kappa shape index (κ2) is 37.5. The average Bonchev–Trinajstić information content (AvgIpc) is 3.06. The third-order valence-corrected chi connectivity index (χ3v) is 8.52. The molecule has 0 aliphatic rings. The van der Waals surface area contributed by atoms with Gasteiger partial charge in [-0.25, -0.2) is 0 Å². The van der Waals surface area contributed by atoms with Crippen molar-refractivity contribution in [3.63, 3.8) is 0 Å². The van der Waals surface area contributed by atoms with Gasteiger partial charge in [0, 0.05) is 6.42 Å². The monoisotopic (exact) mass is 642 g/mol. The number of amides is 1. The van der Waals surface area contributed by atoms with Crippen LogP contribution in [0, 0.1) is 0 Å². The average molecular weight is 642 g/mol. The Hall–Kier alpha value is -1.91. The molecular weight excluding hydrogens is 566 g/mol. The minimum Gasteiger partial charge on any atom is -0.394 e. The predicted molar refractivity (Wildman–Crippen MR) is 202 cm³/mol. The minimum atomic E-state index is -0.869. The van der Waals surface area contributed by atoms with E-state index in [0.717, 1.165) is 38.5 Å². The fraction of sp³-hybridized carbons (Fsp3) is 0.738. The number of carbonyl (C=O) groups is 1. The number of aliphatic hydroxyl groups is 2. The molecular formula is C42H75NO3. The van der Waals surface area contributed by atoms with Crippen molar-refractivity contribution in [3.8, 4) is 0 Å². The highest BCUT2D eigenvalue weighted by Gasteiger charge is 2.17. The Morgan fingerprint density at radius 1 is 0.543 bits per heavy atom. The first-order valence-electron chi connectivity index (χ1n) is 19.5. The van der Waals surface area contributed by atoms with Crippen LogP contribution in [0.2, 0.25) is 0 Å². The summed E-state index contributed by atoms with van der Waals surface area (Å²) in [5, 5.41) is 22.8. The van der Waals surface area contributed by atoms with E-state index in [2.05, 4.69) is 61.7 Å². The Bertz CT molecular complexity index is 782. The van der Waals surface area contributed by atoms with Crippen molar-refractivity contribution in [2.45, 2.75) is 193 Å². The molecule has 0 aliphatic carbocycles. The van der Waals surface area contributed by atoms with Crippen LogP contribution in [0.1, 0.15) is 181 Å². The zero-order valence-corrected chi connectivity index (χ0v) is 30.3. The normalized spacial score (nSPS) is 13.7. The van der Waals surface area contributed by atoms with E-state index < -0.39 is 12.1 Å². The lowest BCUT2D eigenvalue weighted by Gasteiger charge is -2.19. The molecule has 0 spiro atoms. The van der Waals surface area contributed by atoms with Gasteiger partial charge in [-0.05, 0) is 44.9 Å². The van der Waals surface area contributed by atoms with Crippen molar-refractivity contribution in [2.75, 3.05) is 6.61 Å². The molecule has 0 saturated heterocycles. The molecule has 2 unspecified atom stereocenters. The summed E-state index contributed by atoms with van der Waals surface area (Å²) in [5.41, 5.74) is 0. The highest BCUT2D eigenvalue weighted by Crippen LogP contribution is 2.15. The number of allylic oxidation sites excluding steroid dienone is 9. The summed E-state index contributed by atoms with van der Waals surface area (Å²) in [5.74, 6) is -0.146. The minimum absolute atomic E-state index is 0.146. The third kappa shape index (κ3) is 33.5. The van der Waals surface area contributed by atoms with Crippen LogP contribution in [-0.4, -0.2) is 34.9 Å². The van der Waals surface area contributed by atoms with Gasteiger partial charge in [0.2, 0.25) is 5.91 Å². The van der Waals surface area contributed by atoms with E-state index in [4.69, 9.17) is 0 Å². The maximum Gasteiger partial charge on any atom is 0.220 e. The highest BCUT2D eigenvalue weighted by molar-refractivity contribution is 5.76. The van der Waals surface area contributed by atoms with E-state index in [0.29, 0.717) is 12.8 Å². The molecule has 1 amide bonds. The first-order chi connectivity index (χ1) is 22.7. The molecule has 0 aliphatic heterocycles. The molecule has 4 heteroatoms. The lowest BCUT2D eigenvalue weighted by Crippen LogP contribution is -2.45. The summed E-state index contributed by atoms with van der Waals surface area (Å²) in [6, 6.07) is -0.661. The Morgan fingerprint density at radius 3 is 1.39 bits per heavy atom. The predicted octanol–water partition coefficient (Wildman–Crippen LogP) is 11.8. The van der Waals surface area contributed by atoms with E-state index in [1.165, 1.54) is 116 Å². The molecule has 0 radical (unpaired) electrons. The first-order valence-corrected chi connectivity index (χ1v) is 19.5. The summed E-state index contributed by atoms with van der Waals surface area (Å²) in [6.07, 6.45) is 51.9. The van der Waals surface area contributed by atoms with Gasteiger partial charge in [0.1, 0.15) is 0 Å². The number of unbranched alkanes of at least 4 members (excludes halogenated alkanes) is 19. The van der Waals surface area contributed by atoms with Crippen molar-refractivity contribution in [1.82, 2.24) is 5.32 Å². The second-order valence-electron chi connectivity index (χ2n) is 13.0. The molecule has 4 nitrogen and oxygen atoms in total. The van der Waals surface area contributed by atoms with Crippen LogP contribution in [0.3, 0.4) is 0 Å². The van der Waals surface area contributed by atoms with Gasteiger partial charge in [-0.2, -0.15) is 0 Å². The Labute approximate surface area is 286 Å². The molecule has 0 fully saturated rings. The van der Waals surface area contributed by atoms with Crippen LogP contribution in [0.5, 0.6) is 0 Å². The first kappa shape index (κ1) is 44.1. The smallest absolute Gasteiger partial charge is 0.220 e. The number of hydrogen-bond donors (Lipinski definition) is 3. The van der Waals surface area contributed by atoms with Crippen LogP contribution in [0.15, 0.2) is 60.8 Å². The summed E-state index contributed by atoms with van der Waals surface area (Å²) in [6.45, 7) is 4.15. The largest absolute Gasteiger partial charge is 0.394 e. The van der Waals surface area contributed by atoms with Gasteiger partial charge in [-0.15, -0.1) is 0 Å². The molecule has 46 heavy (non-hydrogen) atoms. The number of hydrogen-bond acceptors (Lipinski definition) is 3. The van der Waals surface area contributed by atoms with Crippen molar-refractivity contribution in [1.29, 1.82) is 0 Å². The van der Waals surface area contributed by atoms with Crippen LogP contribution in [-0.2, 0) is 4.79 Å². The van der Waals surface area contributed by atoms with E-state index in [-0.39, 0.29) is 12.5 Å². The van der Waals surface area contributed by atoms with E-state index >= 15 is 0 Å². The van der Waals surface area contributed by atoms with E-state index in [1.54, 1.807) is 6.08 Å². The summed E-state index contributed by atoms with van der Waals surface area (Å²) in [4.78, 5) is 12.3. The molecule has 0 aromatic rings. The maximum absolute atomic E-state index is 12.3. The molecule has 0 rings (SSSR count). The zero-order chi connectivity index (χ0) is 33.6. The fourth-order valence-corrected chi connectivity index (χ4v) is 5.54. The van der Waals surface area contributed by atoms with Crippen molar-refractivity contribution in [3.05, 3.63) is 60.8 Å². The summed E-state index contributed by atoms with van der Waals surface area (Å²) >= 11 is 0. The van der Waals surface area contributed by atoms with Gasteiger partial charge in [0.05, 0.1) is 18.8 Å². The Kier molecular flexibility index (Phi) is 36.0. The van der Waals surface area contributed by atoms with Gasteiger partial charge in [-0.3, -0.25) is 4.79 Å². The summed E-state index contributed by atoms with van der Waals surface area (Å²) < 4.78 is 0. The Morgan fingerprint density at radius 2 is 0.957 bits per heavy atom. The number of rotatable bonds is 34. The lowest BCUT2D eigenvalue weighted by molar-refractivity contribution is -0.122. The molecule has 2 atom stereocenters. The van der Waals surface area contributed by atoms with E-state index in [9.17, 15) is 15.0 Å². The number of carbonyl (C=O) groups excluding carboxylic acids is 1. The molecule has 0 aromatic carbocycles. The highest BCUT2D eigenvalue weighted by atomic mass is 16.3. The van der Waals surface area contributed by atoms with Crippen molar-refractivity contribution < 1.29 is 15.0 Å². The Balaban J connectivity index is 3.66. The van der Waals surface area contributed by atoms with Crippen molar-refractivity contribution in [2.24, 2.45) is 0 Å². The van der Waals surface area contributed by atoms with Crippen molar-refractivity contribution >= 4 is 5.91 Å². The van der Waals surface area contributed by atoms with E-state index in [1.807, 2.05) is 12.2 Å². The van der Waals surface area contributed by atoms with Crippen LogP contribution < -0.4 is 5.32 Å². The van der Waals surface area contributed by atoms with Gasteiger partial charge < -0.3 is 15.5 Å². The maximum atomic E-state index is 12.3. The quantitative estimate of drug-likeness (QED) is 0.0483. The van der Waals surface area contributed by atoms with Gasteiger partial charge >= 0.3 is 0 Å². The topological polar surface area (TPSA) is 69.6 Å². The van der Waals surface area contributed by atoms with Crippen LogP contribution in [0.25, 0.3) is 0 Å². The lowest BCUT2D eigenvalue weighted by atomic mass is 10.0. The van der Waals surface area contributed by atoms with Gasteiger partial charge in [0.25, 0.3) is 0 Å². The van der Waals surface area contributed by atoms with Gasteiger partial charge in [0.15, 0.2) is 0 Å². The molecule has 0 saturated carbocycles. The molecule has 0 aromatic heterocycles. The second-order valence-corrected chi connectivity index (χ2v) is 13.0. The molecule has 3 N–H and O–H groups in total. The SMILES string of the molecule is CC/C=C\C/C=C\C/C=C\C/C=C\CCC(=O)NC(CO)C(O)/C=C/CCCCCCCCCCCCCCCCCCCCC. The third-order valence-electron chi connectivity index (χ3n) is 8.52. The standard InChI is InChI=1S/C42H75NO3/c1-3-5-7-9-11-13-15-17-18-19-20-21-22-23-24-26-27-29-31-33-35-37-41(45)40(39-44)43-42(46)38-36-34-32-30-28-25-16-14-12-10-8-6-4-2/h6,8,12,14,25,28,32,34-35,37,40-41,44-45H,3-5,7,9-11,13,15-24,26-27,29-31,33,36,38-39H2,1-2H3,(H,43,46)/b8-6-,14-12-,28-25-,34-32-,37-35+.